The molecule has 4 nitrogen and oxygen atoms in total. The Morgan fingerprint density at radius 3 is 2.33 bits per heavy atom. The minimum absolute atomic E-state index is 0.0127. The number of halogens is 1. The van der Waals surface area contributed by atoms with Crippen LogP contribution in [0.2, 0.25) is 0 Å². The number of hydrogen-bond acceptors (Lipinski definition) is 3. The zero-order valence-corrected chi connectivity index (χ0v) is 7.17. The maximum absolute atomic E-state index is 12.9. The molecule has 1 aliphatic rings. The van der Waals surface area contributed by atoms with Crippen molar-refractivity contribution in [2.24, 2.45) is 0 Å². The number of rotatable bonds is 1. The van der Waals surface area contributed by atoms with E-state index in [-0.39, 0.29) is 19.3 Å². The van der Waals surface area contributed by atoms with Crippen molar-refractivity contribution in [3.05, 3.63) is 0 Å². The van der Waals surface area contributed by atoms with Crippen molar-refractivity contribution in [3.63, 3.8) is 0 Å². The Morgan fingerprint density at radius 2 is 1.92 bits per heavy atom. The molecule has 2 N–H and O–H groups in total. The van der Waals surface area contributed by atoms with Crippen LogP contribution >= 0.6 is 0 Å². The van der Waals surface area contributed by atoms with Gasteiger partial charge in [-0.2, -0.15) is 8.42 Å². The van der Waals surface area contributed by atoms with Crippen LogP contribution in [0.15, 0.2) is 0 Å². The van der Waals surface area contributed by atoms with Gasteiger partial charge in [-0.05, 0) is 12.8 Å². The maximum atomic E-state index is 12.9. The van der Waals surface area contributed by atoms with Gasteiger partial charge in [-0.25, -0.2) is 4.39 Å². The Balaban J connectivity index is 2.69. The first-order chi connectivity index (χ1) is 5.41. The van der Waals surface area contributed by atoms with Gasteiger partial charge in [0, 0.05) is 6.42 Å². The maximum Gasteiger partial charge on any atom is 0.270 e. The molecular formula is C6H11FO4S. The summed E-state index contributed by atoms with van der Waals surface area (Å²) in [5.74, 6) is 0. The molecule has 3 unspecified atom stereocenters. The van der Waals surface area contributed by atoms with Crippen molar-refractivity contribution < 1.29 is 22.5 Å². The summed E-state index contributed by atoms with van der Waals surface area (Å²) in [6, 6.07) is 0. The first-order valence-electron chi connectivity index (χ1n) is 3.69. The quantitative estimate of drug-likeness (QED) is 0.587. The largest absolute Gasteiger partial charge is 0.393 e. The third-order valence-corrected chi connectivity index (χ3v) is 3.36. The minimum atomic E-state index is -4.28. The lowest BCUT2D eigenvalue weighted by atomic mass is 9.96. The average molecular weight is 198 g/mol. The second-order valence-electron chi connectivity index (χ2n) is 3.04. The summed E-state index contributed by atoms with van der Waals surface area (Å²) in [6.07, 6.45) is -2.42. The summed E-state index contributed by atoms with van der Waals surface area (Å²) >= 11 is 0. The highest BCUT2D eigenvalue weighted by atomic mass is 32.2. The number of alkyl halides is 1. The summed E-state index contributed by atoms with van der Waals surface area (Å²) in [6.45, 7) is 0. The fraction of sp³-hybridized carbons (Fsp3) is 1.00. The molecule has 1 saturated carbocycles. The van der Waals surface area contributed by atoms with Crippen molar-refractivity contribution in [3.8, 4) is 0 Å². The first-order valence-corrected chi connectivity index (χ1v) is 5.20. The molecule has 72 valence electrons. The Hall–Kier alpha value is -0.200. The molecule has 1 fully saturated rings. The molecule has 0 heterocycles. The van der Waals surface area contributed by atoms with Gasteiger partial charge in [0.2, 0.25) is 0 Å². The Labute approximate surface area is 70.1 Å². The van der Waals surface area contributed by atoms with E-state index in [1.165, 1.54) is 0 Å². The number of aliphatic hydroxyl groups excluding tert-OH is 1. The predicted octanol–water partition coefficient (Wildman–Crippen LogP) is 0.126. The highest BCUT2D eigenvalue weighted by molar-refractivity contribution is 7.86. The predicted molar refractivity (Wildman–Crippen MR) is 40.1 cm³/mol. The van der Waals surface area contributed by atoms with E-state index in [9.17, 15) is 12.8 Å². The molecule has 12 heavy (non-hydrogen) atoms. The molecule has 0 aromatic rings. The van der Waals surface area contributed by atoms with Gasteiger partial charge in [0.05, 0.1) is 6.10 Å². The Bertz CT molecular complexity index is 250. The first kappa shape index (κ1) is 9.88. The van der Waals surface area contributed by atoms with Gasteiger partial charge in [0.1, 0.15) is 11.4 Å². The normalized spacial score (nSPS) is 38.1. The van der Waals surface area contributed by atoms with Crippen molar-refractivity contribution in [1.82, 2.24) is 0 Å². The van der Waals surface area contributed by atoms with E-state index in [1.807, 2.05) is 0 Å². The molecule has 1 rings (SSSR count). The van der Waals surface area contributed by atoms with Gasteiger partial charge in [0.15, 0.2) is 0 Å². The number of hydrogen-bond donors (Lipinski definition) is 2. The summed E-state index contributed by atoms with van der Waals surface area (Å²) < 4.78 is 42.5. The van der Waals surface area contributed by atoms with Gasteiger partial charge < -0.3 is 5.11 Å². The molecule has 1 aliphatic carbocycles. The van der Waals surface area contributed by atoms with Crippen LogP contribution in [-0.2, 0) is 10.1 Å². The minimum Gasteiger partial charge on any atom is -0.393 e. The van der Waals surface area contributed by atoms with E-state index in [0.717, 1.165) is 0 Å². The van der Waals surface area contributed by atoms with Crippen molar-refractivity contribution in [2.45, 2.75) is 36.8 Å². The Morgan fingerprint density at radius 1 is 1.33 bits per heavy atom. The van der Waals surface area contributed by atoms with E-state index < -0.39 is 27.6 Å². The third-order valence-electron chi connectivity index (χ3n) is 2.07. The smallest absolute Gasteiger partial charge is 0.270 e. The van der Waals surface area contributed by atoms with Gasteiger partial charge in [-0.3, -0.25) is 4.55 Å². The molecule has 6 heteroatoms. The van der Waals surface area contributed by atoms with E-state index in [1.54, 1.807) is 0 Å². The van der Waals surface area contributed by atoms with Crippen LogP contribution in [-0.4, -0.2) is 35.6 Å². The summed E-state index contributed by atoms with van der Waals surface area (Å²) in [4.78, 5) is 0. The lowest BCUT2D eigenvalue weighted by Gasteiger charge is -2.26. The van der Waals surface area contributed by atoms with Gasteiger partial charge >= 0.3 is 0 Å². The molecule has 0 aromatic carbocycles. The van der Waals surface area contributed by atoms with Crippen molar-refractivity contribution in [1.29, 1.82) is 0 Å². The average Bonchev–Trinajstić information content (AvgIpc) is 1.83. The van der Waals surface area contributed by atoms with Gasteiger partial charge in [0.25, 0.3) is 10.1 Å². The molecular weight excluding hydrogens is 187 g/mol. The van der Waals surface area contributed by atoms with E-state index in [2.05, 4.69) is 0 Å². The van der Waals surface area contributed by atoms with Gasteiger partial charge in [-0.15, -0.1) is 0 Å². The van der Waals surface area contributed by atoms with Crippen LogP contribution in [0.5, 0.6) is 0 Å². The van der Waals surface area contributed by atoms with Crippen molar-refractivity contribution in [2.75, 3.05) is 0 Å². The van der Waals surface area contributed by atoms with E-state index in [4.69, 9.17) is 9.66 Å². The standard InChI is InChI=1S/C6H11FO4S/c7-5-3-4(8)1-2-6(5)12(9,10)11/h4-6,8H,1-3H2,(H,9,10,11). The van der Waals surface area contributed by atoms with Crippen LogP contribution in [0.4, 0.5) is 4.39 Å². The topological polar surface area (TPSA) is 74.6 Å². The second-order valence-corrected chi connectivity index (χ2v) is 4.67. The Kier molecular flexibility index (Phi) is 2.70. The SMILES string of the molecule is O=S(=O)(O)C1CCC(O)CC1F. The number of aliphatic hydroxyl groups is 1. The molecule has 0 bridgehead atoms. The zero-order chi connectivity index (χ0) is 9.35. The molecule has 0 aromatic heterocycles. The van der Waals surface area contributed by atoms with Crippen LogP contribution in [0.1, 0.15) is 19.3 Å². The molecule has 0 aliphatic heterocycles. The van der Waals surface area contributed by atoms with Crippen LogP contribution in [0.25, 0.3) is 0 Å². The van der Waals surface area contributed by atoms with Crippen molar-refractivity contribution >= 4 is 10.1 Å². The van der Waals surface area contributed by atoms with Gasteiger partial charge in [-0.1, -0.05) is 0 Å². The van der Waals surface area contributed by atoms with Crippen LogP contribution < -0.4 is 0 Å². The van der Waals surface area contributed by atoms with E-state index >= 15 is 0 Å². The third kappa shape index (κ3) is 2.15. The summed E-state index contributed by atoms with van der Waals surface area (Å²) in [5, 5.41) is 7.60. The lowest BCUT2D eigenvalue weighted by molar-refractivity contribution is 0.0843. The summed E-state index contributed by atoms with van der Waals surface area (Å²) in [7, 11) is -4.28. The fourth-order valence-corrected chi connectivity index (χ4v) is 2.32. The molecule has 0 radical (unpaired) electrons. The van der Waals surface area contributed by atoms with Crippen LogP contribution in [0.3, 0.4) is 0 Å². The molecule has 0 saturated heterocycles. The highest BCUT2D eigenvalue weighted by Crippen LogP contribution is 2.26. The van der Waals surface area contributed by atoms with E-state index in [0.29, 0.717) is 0 Å². The summed E-state index contributed by atoms with van der Waals surface area (Å²) in [5.41, 5.74) is 0. The lowest BCUT2D eigenvalue weighted by Crippen LogP contribution is -2.38. The highest BCUT2D eigenvalue weighted by Gasteiger charge is 2.37. The fourth-order valence-electron chi connectivity index (χ4n) is 1.40. The molecule has 0 amide bonds. The molecule has 0 spiro atoms. The van der Waals surface area contributed by atoms with Crippen LogP contribution in [0, 0.1) is 0 Å². The second kappa shape index (κ2) is 3.27. The molecule has 3 atom stereocenters. The zero-order valence-electron chi connectivity index (χ0n) is 6.35. The monoisotopic (exact) mass is 198 g/mol.